The lowest BCUT2D eigenvalue weighted by Crippen LogP contribution is -3.00. The highest BCUT2D eigenvalue weighted by molar-refractivity contribution is 6.05. The van der Waals surface area contributed by atoms with Crippen LogP contribution in [0.15, 0.2) is 54.6 Å². The van der Waals surface area contributed by atoms with E-state index in [9.17, 15) is 0 Å². The summed E-state index contributed by atoms with van der Waals surface area (Å²) in [5.41, 5.74) is 6.27. The van der Waals surface area contributed by atoms with E-state index in [-0.39, 0.29) is 17.8 Å². The Balaban J connectivity index is 0.00000261. The van der Waals surface area contributed by atoms with Crippen molar-refractivity contribution in [3.63, 3.8) is 0 Å². The van der Waals surface area contributed by atoms with Gasteiger partial charge in [0.2, 0.25) is 5.69 Å². The first-order chi connectivity index (χ1) is 12.4. The van der Waals surface area contributed by atoms with E-state index in [1.807, 2.05) is 7.05 Å². The Hall–Kier alpha value is -2.57. The van der Waals surface area contributed by atoms with Crippen molar-refractivity contribution in [1.82, 2.24) is 0 Å². The summed E-state index contributed by atoms with van der Waals surface area (Å²) in [6.45, 7) is 5.31. The van der Waals surface area contributed by atoms with Crippen LogP contribution in [0.4, 0.5) is 11.4 Å². The van der Waals surface area contributed by atoms with Gasteiger partial charge in [-0.1, -0.05) is 30.3 Å². The molecule has 1 heterocycles. The molecule has 0 saturated carbocycles. The van der Waals surface area contributed by atoms with Crippen molar-refractivity contribution >= 4 is 23.2 Å². The van der Waals surface area contributed by atoms with Crippen LogP contribution in [0.2, 0.25) is 0 Å². The van der Waals surface area contributed by atoms with E-state index in [1.165, 1.54) is 22.5 Å². The van der Waals surface area contributed by atoms with Crippen molar-refractivity contribution in [3.8, 4) is 6.07 Å². The van der Waals surface area contributed by atoms with E-state index in [0.717, 1.165) is 12.2 Å². The average molecular weight is 380 g/mol. The standard InChI is InChI=1S/C23H26N3.ClH/c1-23(2)20-8-5-6-9-21(20)26(4)22(23)15-12-18-10-13-19(14-11-18)25(3)17-7-16-24;/h5-6,8-15H,7,17H2,1-4H3;1H/q+1;/p-1. The molecule has 0 spiro atoms. The van der Waals surface area contributed by atoms with E-state index in [2.05, 4.69) is 97.1 Å². The number of anilines is 1. The molecule has 0 amide bonds. The monoisotopic (exact) mass is 379 g/mol. The van der Waals surface area contributed by atoms with Gasteiger partial charge in [0.15, 0.2) is 5.71 Å². The molecule has 0 saturated heterocycles. The summed E-state index contributed by atoms with van der Waals surface area (Å²) in [6, 6.07) is 19.3. The van der Waals surface area contributed by atoms with Gasteiger partial charge in [-0.05, 0) is 37.6 Å². The summed E-state index contributed by atoms with van der Waals surface area (Å²) in [7, 11) is 4.16. The molecule has 1 aliphatic rings. The summed E-state index contributed by atoms with van der Waals surface area (Å²) >= 11 is 0. The molecule has 140 valence electrons. The van der Waals surface area contributed by atoms with Crippen LogP contribution in [-0.2, 0) is 5.41 Å². The van der Waals surface area contributed by atoms with E-state index in [1.54, 1.807) is 0 Å². The molecule has 1 aliphatic heterocycles. The fourth-order valence-corrected chi connectivity index (χ4v) is 3.66. The topological polar surface area (TPSA) is 30.0 Å². The minimum Gasteiger partial charge on any atom is -1.00 e. The van der Waals surface area contributed by atoms with Gasteiger partial charge in [-0.25, -0.2) is 0 Å². The third-order valence-electron chi connectivity index (χ3n) is 5.27. The number of allylic oxidation sites excluding steroid dienone is 1. The highest BCUT2D eigenvalue weighted by atomic mass is 35.5. The molecule has 3 rings (SSSR count). The van der Waals surface area contributed by atoms with Crippen LogP contribution in [0.1, 0.15) is 31.4 Å². The molecule has 4 heteroatoms. The molecule has 3 nitrogen and oxygen atoms in total. The lowest BCUT2D eigenvalue weighted by Gasteiger charge is -2.17. The summed E-state index contributed by atoms with van der Waals surface area (Å²) in [5, 5.41) is 8.72. The van der Waals surface area contributed by atoms with Gasteiger partial charge in [0.1, 0.15) is 7.05 Å². The van der Waals surface area contributed by atoms with Crippen molar-refractivity contribution < 1.29 is 17.0 Å². The smallest absolute Gasteiger partial charge is 0.209 e. The highest BCUT2D eigenvalue weighted by Crippen LogP contribution is 2.39. The number of benzene rings is 2. The van der Waals surface area contributed by atoms with Crippen LogP contribution in [0.3, 0.4) is 0 Å². The number of para-hydroxylation sites is 1. The summed E-state index contributed by atoms with van der Waals surface area (Å²) < 4.78 is 2.29. The van der Waals surface area contributed by atoms with Gasteiger partial charge in [-0.15, -0.1) is 0 Å². The third kappa shape index (κ3) is 4.07. The molecule has 0 aliphatic carbocycles. The molecule has 0 N–H and O–H groups in total. The van der Waals surface area contributed by atoms with Crippen LogP contribution < -0.4 is 17.3 Å². The predicted octanol–water partition coefficient (Wildman–Crippen LogP) is 1.76. The van der Waals surface area contributed by atoms with Gasteiger partial charge in [0.25, 0.3) is 0 Å². The predicted molar refractivity (Wildman–Crippen MR) is 109 cm³/mol. The van der Waals surface area contributed by atoms with E-state index < -0.39 is 0 Å². The molecule has 2 aromatic carbocycles. The fraction of sp³-hybridized carbons (Fsp3) is 0.304. The molecular formula is C23H26ClN3. The maximum absolute atomic E-state index is 8.72. The van der Waals surface area contributed by atoms with Crippen molar-refractivity contribution in [2.45, 2.75) is 25.7 Å². The minimum absolute atomic E-state index is 0. The molecular weight excluding hydrogens is 354 g/mol. The first-order valence-electron chi connectivity index (χ1n) is 9.02. The molecule has 0 aromatic heterocycles. The van der Waals surface area contributed by atoms with Gasteiger partial charge in [-0.3, -0.25) is 0 Å². The Bertz CT molecular complexity index is 902. The van der Waals surface area contributed by atoms with Gasteiger partial charge >= 0.3 is 0 Å². The minimum atomic E-state index is -0.000698. The summed E-state index contributed by atoms with van der Waals surface area (Å²) in [5.74, 6) is 0. The molecule has 2 aromatic rings. The Kier molecular flexibility index (Phi) is 6.46. The van der Waals surface area contributed by atoms with Crippen LogP contribution >= 0.6 is 0 Å². The molecule has 0 bridgehead atoms. The Labute approximate surface area is 168 Å². The SMILES string of the molecule is CN(CCC#N)c1ccc(/C=C/C2=[N+](C)c3ccccc3C2(C)C)cc1.[Cl-]. The quantitative estimate of drug-likeness (QED) is 0.741. The van der Waals surface area contributed by atoms with Crippen molar-refractivity contribution in [2.75, 3.05) is 25.5 Å². The molecule has 0 unspecified atom stereocenters. The zero-order chi connectivity index (χ0) is 18.7. The van der Waals surface area contributed by atoms with Crippen LogP contribution in [0, 0.1) is 11.3 Å². The second-order valence-corrected chi connectivity index (χ2v) is 7.34. The molecule has 0 radical (unpaired) electrons. The summed E-state index contributed by atoms with van der Waals surface area (Å²) in [4.78, 5) is 2.11. The molecule has 0 atom stereocenters. The molecule has 27 heavy (non-hydrogen) atoms. The van der Waals surface area contributed by atoms with Crippen molar-refractivity contribution in [2.24, 2.45) is 0 Å². The van der Waals surface area contributed by atoms with E-state index in [4.69, 9.17) is 5.26 Å². The number of fused-ring (bicyclic) bond motifs is 1. The van der Waals surface area contributed by atoms with Gasteiger partial charge in [0, 0.05) is 37.0 Å². The lowest BCUT2D eigenvalue weighted by molar-refractivity contribution is -0.401. The maximum atomic E-state index is 8.72. The first-order valence-corrected chi connectivity index (χ1v) is 9.02. The normalized spacial score (nSPS) is 14.6. The largest absolute Gasteiger partial charge is 1.00 e. The van der Waals surface area contributed by atoms with Gasteiger partial charge in [0.05, 0.1) is 17.9 Å². The zero-order valence-electron chi connectivity index (χ0n) is 16.4. The number of halogens is 1. The zero-order valence-corrected chi connectivity index (χ0v) is 17.2. The van der Waals surface area contributed by atoms with Gasteiger partial charge < -0.3 is 17.3 Å². The van der Waals surface area contributed by atoms with Crippen LogP contribution in [0.5, 0.6) is 0 Å². The number of rotatable bonds is 5. The summed E-state index contributed by atoms with van der Waals surface area (Å²) in [6.07, 6.45) is 4.95. The number of nitrogens with zero attached hydrogens (tertiary/aromatic N) is 3. The first kappa shape index (κ1) is 20.7. The fourth-order valence-electron chi connectivity index (χ4n) is 3.66. The van der Waals surface area contributed by atoms with Crippen molar-refractivity contribution in [3.05, 3.63) is 65.7 Å². The van der Waals surface area contributed by atoms with Crippen LogP contribution in [0.25, 0.3) is 6.08 Å². The maximum Gasteiger partial charge on any atom is 0.209 e. The number of nitriles is 1. The average Bonchev–Trinajstić information content (AvgIpc) is 2.85. The molecule has 0 fully saturated rings. The number of hydrogen-bond donors (Lipinski definition) is 0. The van der Waals surface area contributed by atoms with Gasteiger partial charge in [-0.2, -0.15) is 9.84 Å². The second-order valence-electron chi connectivity index (χ2n) is 7.34. The lowest BCUT2D eigenvalue weighted by atomic mass is 9.81. The Morgan fingerprint density at radius 1 is 1.07 bits per heavy atom. The Morgan fingerprint density at radius 2 is 1.74 bits per heavy atom. The van der Waals surface area contributed by atoms with E-state index in [0.29, 0.717) is 6.42 Å². The third-order valence-corrected chi connectivity index (χ3v) is 5.27. The van der Waals surface area contributed by atoms with Crippen LogP contribution in [-0.4, -0.2) is 30.9 Å². The van der Waals surface area contributed by atoms with Crippen molar-refractivity contribution in [1.29, 1.82) is 5.26 Å². The Morgan fingerprint density at radius 3 is 2.37 bits per heavy atom. The van der Waals surface area contributed by atoms with E-state index >= 15 is 0 Å². The highest BCUT2D eigenvalue weighted by Gasteiger charge is 2.42. The number of hydrogen-bond acceptors (Lipinski definition) is 2. The second kappa shape index (κ2) is 8.41.